The number of carbonyl (C=O) groups excluding carboxylic acids is 4. The molecule has 16 heteroatoms. The number of aliphatic hydroxyl groups excluding tert-OH is 6. The summed E-state index contributed by atoms with van der Waals surface area (Å²) >= 11 is 0. The number of fused-ring (bicyclic) bond motifs is 2. The molecule has 3 aliphatic carbocycles. The number of ketones is 1. The summed E-state index contributed by atoms with van der Waals surface area (Å²) in [5.41, 5.74) is -1.59. The minimum Gasteiger partial charge on any atom is -0.459 e. The predicted octanol–water partition coefficient (Wildman–Crippen LogP) is -1.24. The smallest absolute Gasteiger partial charge is 0.348 e. The average Bonchev–Trinajstić information content (AvgIpc) is 3.32. The molecule has 3 saturated heterocycles. The number of ether oxygens (including phenoxy) is 6. The van der Waals surface area contributed by atoms with Crippen LogP contribution < -0.4 is 0 Å². The zero-order chi connectivity index (χ0) is 36.8. The fourth-order valence-electron chi connectivity index (χ4n) is 9.65. The third kappa shape index (κ3) is 5.17. The van der Waals surface area contributed by atoms with Crippen molar-refractivity contribution in [2.45, 2.75) is 115 Å². The molecule has 0 aromatic carbocycles. The van der Waals surface area contributed by atoms with Gasteiger partial charge in [0, 0.05) is 25.3 Å². The van der Waals surface area contributed by atoms with Gasteiger partial charge in [-0.05, 0) is 43.1 Å². The minimum atomic E-state index is -2.30. The van der Waals surface area contributed by atoms with Gasteiger partial charge in [-0.2, -0.15) is 0 Å². The molecule has 16 nitrogen and oxygen atoms in total. The standard InChI is InChI=1S/C34H46O16/c1-12(2)13(3)7-20(38)48-26-28-33-11-45-34(28,50-15(5)36)29(43)24(42)27(33)32(6)9-17(37)25(14(4)16(32)8-19(33)47-30(26)44)49-31-23(41)22(40)21(39)18(10-35)46-31/h7,12,16,18-19,21-24,26-29,31,35,39-43H,8-11H2,1-6H3/b13-7+/t16-,18+,19+,21+,22-,23+,24+,26+,27+,28+,29-,31-,32-,33+,34+/m0/s1. The molecule has 0 aromatic rings. The molecule has 0 unspecified atom stereocenters. The molecule has 6 aliphatic rings. The molecule has 2 bridgehead atoms. The molecule has 3 aliphatic heterocycles. The summed E-state index contributed by atoms with van der Waals surface area (Å²) in [5, 5.41) is 64.5. The molecule has 0 radical (unpaired) electrons. The molecular weight excluding hydrogens is 664 g/mol. The van der Waals surface area contributed by atoms with Gasteiger partial charge in [-0.15, -0.1) is 0 Å². The van der Waals surface area contributed by atoms with Crippen molar-refractivity contribution < 1.29 is 78.2 Å². The van der Waals surface area contributed by atoms with Crippen molar-refractivity contribution in [2.75, 3.05) is 13.2 Å². The fraction of sp³-hybridized carbons (Fsp3) is 0.765. The van der Waals surface area contributed by atoms with Gasteiger partial charge in [-0.25, -0.2) is 9.59 Å². The highest BCUT2D eigenvalue weighted by Gasteiger charge is 2.84. The summed E-state index contributed by atoms with van der Waals surface area (Å²) in [7, 11) is 0. The number of Topliss-reactive ketones (excluding diaryl/α,β-unsaturated/α-hetero) is 1. The summed E-state index contributed by atoms with van der Waals surface area (Å²) in [4.78, 5) is 53.5. The van der Waals surface area contributed by atoms with Gasteiger partial charge >= 0.3 is 17.9 Å². The van der Waals surface area contributed by atoms with Crippen molar-refractivity contribution in [2.24, 2.45) is 34.5 Å². The van der Waals surface area contributed by atoms with Crippen LogP contribution in [0.1, 0.15) is 54.4 Å². The van der Waals surface area contributed by atoms with Crippen LogP contribution in [0.25, 0.3) is 0 Å². The van der Waals surface area contributed by atoms with Gasteiger partial charge in [0.05, 0.1) is 30.7 Å². The molecule has 6 rings (SSSR count). The maximum Gasteiger partial charge on any atom is 0.348 e. The molecule has 3 heterocycles. The number of carbonyl (C=O) groups is 4. The summed E-state index contributed by atoms with van der Waals surface area (Å²) in [6.07, 6.45) is -13.5. The van der Waals surface area contributed by atoms with E-state index in [1.54, 1.807) is 20.8 Å². The molecular formula is C34H46O16. The Morgan fingerprint density at radius 1 is 1.02 bits per heavy atom. The normalized spacial score (nSPS) is 46.9. The van der Waals surface area contributed by atoms with Gasteiger partial charge < -0.3 is 59.1 Å². The van der Waals surface area contributed by atoms with Gasteiger partial charge in [-0.1, -0.05) is 26.3 Å². The van der Waals surface area contributed by atoms with Crippen molar-refractivity contribution in [1.29, 1.82) is 0 Å². The molecule has 0 aromatic heterocycles. The highest BCUT2D eigenvalue weighted by molar-refractivity contribution is 5.96. The monoisotopic (exact) mass is 710 g/mol. The van der Waals surface area contributed by atoms with Crippen molar-refractivity contribution in [3.8, 4) is 0 Å². The second-order valence-electron chi connectivity index (χ2n) is 15.2. The second kappa shape index (κ2) is 12.6. The largest absolute Gasteiger partial charge is 0.459 e. The van der Waals surface area contributed by atoms with Crippen LogP contribution in [0, 0.1) is 34.5 Å². The third-order valence-electron chi connectivity index (χ3n) is 12.1. The van der Waals surface area contributed by atoms with Gasteiger partial charge in [0.2, 0.25) is 18.2 Å². The van der Waals surface area contributed by atoms with E-state index in [1.165, 1.54) is 6.08 Å². The Kier molecular flexibility index (Phi) is 9.29. The van der Waals surface area contributed by atoms with Crippen molar-refractivity contribution >= 4 is 23.7 Å². The first-order chi connectivity index (χ1) is 23.3. The van der Waals surface area contributed by atoms with E-state index < -0.39 is 120 Å². The molecule has 15 atom stereocenters. The lowest BCUT2D eigenvalue weighted by molar-refractivity contribution is -0.340. The van der Waals surface area contributed by atoms with Crippen LogP contribution in [0.5, 0.6) is 0 Å². The summed E-state index contributed by atoms with van der Waals surface area (Å²) in [6, 6.07) is 0. The Morgan fingerprint density at radius 3 is 2.32 bits per heavy atom. The summed E-state index contributed by atoms with van der Waals surface area (Å²) < 4.78 is 34.9. The molecule has 5 fully saturated rings. The average molecular weight is 711 g/mol. The van der Waals surface area contributed by atoms with Gasteiger partial charge in [-0.3, -0.25) is 9.59 Å². The quantitative estimate of drug-likeness (QED) is 0.103. The number of esters is 3. The first-order valence-electron chi connectivity index (χ1n) is 16.9. The lowest BCUT2D eigenvalue weighted by Gasteiger charge is -2.67. The van der Waals surface area contributed by atoms with Crippen LogP contribution in [0.4, 0.5) is 0 Å². The van der Waals surface area contributed by atoms with Crippen molar-refractivity contribution in [1.82, 2.24) is 0 Å². The fourth-order valence-corrected chi connectivity index (χ4v) is 9.65. The van der Waals surface area contributed by atoms with Gasteiger partial charge in [0.25, 0.3) is 0 Å². The number of hydrogen-bond donors (Lipinski definition) is 6. The molecule has 0 amide bonds. The third-order valence-corrected chi connectivity index (χ3v) is 12.1. The zero-order valence-corrected chi connectivity index (χ0v) is 28.7. The first-order valence-corrected chi connectivity index (χ1v) is 16.9. The van der Waals surface area contributed by atoms with Crippen LogP contribution in [0.15, 0.2) is 23.0 Å². The Morgan fingerprint density at radius 2 is 1.70 bits per heavy atom. The highest BCUT2D eigenvalue weighted by Crippen LogP contribution is 2.73. The van der Waals surface area contributed by atoms with E-state index in [4.69, 9.17) is 28.4 Å². The highest BCUT2D eigenvalue weighted by atomic mass is 16.7. The van der Waals surface area contributed by atoms with E-state index in [2.05, 4.69) is 0 Å². The summed E-state index contributed by atoms with van der Waals surface area (Å²) in [5.74, 6) is -8.89. The van der Waals surface area contributed by atoms with Crippen LogP contribution in [0.2, 0.25) is 0 Å². The Bertz CT molecular complexity index is 1500. The topological polar surface area (TPSA) is 245 Å². The maximum absolute atomic E-state index is 14.0. The van der Waals surface area contributed by atoms with E-state index in [9.17, 15) is 49.8 Å². The Balaban J connectivity index is 1.43. The van der Waals surface area contributed by atoms with Crippen molar-refractivity contribution in [3.63, 3.8) is 0 Å². The lowest BCUT2D eigenvalue weighted by atomic mass is 9.39. The SMILES string of the molecule is CC(=O)O[C@@]12OC[C@]34[C@H]([C@@H](O)[C@@H]1O)[C@@]1(C)CC(=O)C(O[C@@H]5O[C@H](CO)[C@@H](O)[C@H](O)[C@H]5O)=C(C)[C@@H]1C[C@H]3OC(=O)[C@H](OC(=O)/C=C(\C)C(C)C)[C@@H]24. The van der Waals surface area contributed by atoms with Crippen LogP contribution >= 0.6 is 0 Å². The van der Waals surface area contributed by atoms with Crippen molar-refractivity contribution in [3.05, 3.63) is 23.0 Å². The van der Waals surface area contributed by atoms with Crippen LogP contribution in [-0.4, -0.2) is 128 Å². The van der Waals surface area contributed by atoms with Gasteiger partial charge in [0.1, 0.15) is 36.6 Å². The molecule has 50 heavy (non-hydrogen) atoms. The molecule has 6 N–H and O–H groups in total. The number of allylic oxidation sites excluding steroid dienone is 3. The molecule has 278 valence electrons. The van der Waals surface area contributed by atoms with Crippen LogP contribution in [-0.2, 0) is 47.6 Å². The minimum absolute atomic E-state index is 0.0169. The maximum atomic E-state index is 14.0. The van der Waals surface area contributed by atoms with E-state index in [0.29, 0.717) is 11.1 Å². The molecule has 1 spiro atoms. The van der Waals surface area contributed by atoms with E-state index in [-0.39, 0.29) is 31.1 Å². The van der Waals surface area contributed by atoms with E-state index >= 15 is 0 Å². The van der Waals surface area contributed by atoms with E-state index in [1.807, 2.05) is 13.8 Å². The second-order valence-corrected chi connectivity index (χ2v) is 15.2. The van der Waals surface area contributed by atoms with Gasteiger partial charge in [0.15, 0.2) is 11.5 Å². The lowest BCUT2D eigenvalue weighted by Crippen LogP contribution is -2.78. The van der Waals surface area contributed by atoms with Crippen LogP contribution in [0.3, 0.4) is 0 Å². The molecule has 2 saturated carbocycles. The zero-order valence-electron chi connectivity index (χ0n) is 28.7. The Labute approximate surface area is 287 Å². The van der Waals surface area contributed by atoms with E-state index in [0.717, 1.165) is 6.92 Å². The Hall–Kier alpha value is -2.96. The first kappa shape index (κ1) is 36.8. The number of hydrogen-bond acceptors (Lipinski definition) is 16. The number of rotatable bonds is 7. The number of aliphatic hydroxyl groups is 6. The predicted molar refractivity (Wildman–Crippen MR) is 164 cm³/mol. The summed E-state index contributed by atoms with van der Waals surface area (Å²) in [6.45, 7) is 8.87.